The number of nitrogens with zero attached hydrogens (tertiary/aromatic N) is 1. The topological polar surface area (TPSA) is 35.5 Å². The first-order chi connectivity index (χ1) is 8.34. The van der Waals surface area contributed by atoms with Crippen molar-refractivity contribution < 1.29 is 5.11 Å². The van der Waals surface area contributed by atoms with Crippen molar-refractivity contribution in [1.82, 2.24) is 10.2 Å². The van der Waals surface area contributed by atoms with Crippen LogP contribution in [0.3, 0.4) is 0 Å². The molecule has 0 spiro atoms. The van der Waals surface area contributed by atoms with Gasteiger partial charge in [-0.2, -0.15) is 0 Å². The van der Waals surface area contributed by atoms with Crippen LogP contribution in [0, 0.1) is 0 Å². The number of halogens is 2. The lowest BCUT2D eigenvalue weighted by Gasteiger charge is -2.14. The number of rotatable bonds is 6. The zero-order chi connectivity index (χ0) is 11.9. The van der Waals surface area contributed by atoms with Crippen LogP contribution in [-0.2, 0) is 6.54 Å². The fraction of sp³-hybridized carbons (Fsp3) is 0.571. The van der Waals surface area contributed by atoms with Crippen LogP contribution in [0.25, 0.3) is 0 Å². The number of hydrogen-bond donors (Lipinski definition) is 2. The van der Waals surface area contributed by atoms with Gasteiger partial charge in [-0.25, -0.2) is 0 Å². The Kier molecular flexibility index (Phi) is 10.6. The molecule has 0 saturated carbocycles. The second kappa shape index (κ2) is 10.7. The second-order valence-corrected chi connectivity index (χ2v) is 4.75. The SMILES string of the molecule is Br.Br.Oc1ccc(CNCCCN2CCCC2)cc1. The molecule has 0 bridgehead atoms. The summed E-state index contributed by atoms with van der Waals surface area (Å²) in [5.41, 5.74) is 1.23. The summed E-state index contributed by atoms with van der Waals surface area (Å²) in [7, 11) is 0. The summed E-state index contributed by atoms with van der Waals surface area (Å²) in [6.07, 6.45) is 3.97. The van der Waals surface area contributed by atoms with Crippen LogP contribution in [0.15, 0.2) is 24.3 Å². The molecular formula is C14H24Br2N2O. The van der Waals surface area contributed by atoms with Crippen molar-refractivity contribution in [3.8, 4) is 5.75 Å². The zero-order valence-electron chi connectivity index (χ0n) is 11.2. The van der Waals surface area contributed by atoms with Crippen molar-refractivity contribution in [2.75, 3.05) is 26.2 Å². The molecule has 1 aliphatic heterocycles. The lowest BCUT2D eigenvalue weighted by molar-refractivity contribution is 0.331. The first-order valence-corrected chi connectivity index (χ1v) is 6.55. The number of likely N-dealkylation sites (tertiary alicyclic amines) is 1. The van der Waals surface area contributed by atoms with E-state index in [0.29, 0.717) is 5.75 Å². The average Bonchev–Trinajstić information content (AvgIpc) is 2.84. The molecule has 1 fully saturated rings. The van der Waals surface area contributed by atoms with Crippen LogP contribution in [-0.4, -0.2) is 36.2 Å². The smallest absolute Gasteiger partial charge is 0.115 e. The van der Waals surface area contributed by atoms with Crippen molar-refractivity contribution >= 4 is 34.0 Å². The van der Waals surface area contributed by atoms with Crippen molar-refractivity contribution in [3.63, 3.8) is 0 Å². The van der Waals surface area contributed by atoms with Gasteiger partial charge in [0.1, 0.15) is 5.75 Å². The van der Waals surface area contributed by atoms with Crippen LogP contribution in [0.1, 0.15) is 24.8 Å². The van der Waals surface area contributed by atoms with Crippen LogP contribution < -0.4 is 5.32 Å². The van der Waals surface area contributed by atoms with Gasteiger partial charge >= 0.3 is 0 Å². The molecule has 1 saturated heterocycles. The van der Waals surface area contributed by atoms with Crippen molar-refractivity contribution in [1.29, 1.82) is 0 Å². The first kappa shape index (κ1) is 18.9. The third-order valence-corrected chi connectivity index (χ3v) is 3.29. The predicted octanol–water partition coefficient (Wildman–Crippen LogP) is 3.12. The molecule has 1 aromatic rings. The van der Waals surface area contributed by atoms with Gasteiger partial charge in [-0.05, 0) is 63.1 Å². The Morgan fingerprint density at radius 2 is 1.68 bits per heavy atom. The van der Waals surface area contributed by atoms with Gasteiger partial charge in [-0.3, -0.25) is 0 Å². The third-order valence-electron chi connectivity index (χ3n) is 3.29. The molecule has 0 aliphatic carbocycles. The highest BCUT2D eigenvalue weighted by Gasteiger charge is 2.09. The van der Waals surface area contributed by atoms with Crippen LogP contribution in [0.2, 0.25) is 0 Å². The zero-order valence-corrected chi connectivity index (χ0v) is 14.6. The first-order valence-electron chi connectivity index (χ1n) is 6.55. The van der Waals surface area contributed by atoms with E-state index < -0.39 is 0 Å². The van der Waals surface area contributed by atoms with Crippen molar-refractivity contribution in [3.05, 3.63) is 29.8 Å². The third kappa shape index (κ3) is 7.30. The van der Waals surface area contributed by atoms with Crippen LogP contribution in [0.5, 0.6) is 5.75 Å². The molecule has 0 amide bonds. The molecule has 0 aromatic heterocycles. The fourth-order valence-corrected chi connectivity index (χ4v) is 2.28. The van der Waals surface area contributed by atoms with E-state index in [0.717, 1.165) is 13.1 Å². The van der Waals surface area contributed by atoms with E-state index in [1.165, 1.54) is 44.5 Å². The molecule has 1 aromatic carbocycles. The van der Waals surface area contributed by atoms with Crippen LogP contribution in [0.4, 0.5) is 0 Å². The normalized spacial score (nSPS) is 14.7. The molecule has 0 radical (unpaired) electrons. The predicted molar refractivity (Wildman–Crippen MR) is 90.7 cm³/mol. The van der Waals surface area contributed by atoms with E-state index in [1.807, 2.05) is 12.1 Å². The van der Waals surface area contributed by atoms with Gasteiger partial charge < -0.3 is 15.3 Å². The minimum absolute atomic E-state index is 0. The minimum Gasteiger partial charge on any atom is -0.508 e. The van der Waals surface area contributed by atoms with Gasteiger partial charge in [-0.1, -0.05) is 12.1 Å². The number of phenolic OH excluding ortho intramolecular Hbond substituents is 1. The van der Waals surface area contributed by atoms with Gasteiger partial charge in [-0.15, -0.1) is 34.0 Å². The number of hydrogen-bond acceptors (Lipinski definition) is 3. The summed E-state index contributed by atoms with van der Waals surface area (Å²) in [6.45, 7) is 5.76. The summed E-state index contributed by atoms with van der Waals surface area (Å²) in [5.74, 6) is 0.336. The van der Waals surface area contributed by atoms with Gasteiger partial charge in [0.05, 0.1) is 0 Å². The van der Waals surface area contributed by atoms with Gasteiger partial charge in [0.15, 0.2) is 0 Å². The highest BCUT2D eigenvalue weighted by atomic mass is 79.9. The van der Waals surface area contributed by atoms with E-state index in [2.05, 4.69) is 10.2 Å². The maximum atomic E-state index is 9.16. The second-order valence-electron chi connectivity index (χ2n) is 4.75. The standard InChI is InChI=1S/C14H22N2O.2BrH/c17-14-6-4-13(5-7-14)12-15-8-3-11-16-9-1-2-10-16;;/h4-7,15,17H,1-3,8-12H2;2*1H. The molecule has 0 unspecified atom stereocenters. The quantitative estimate of drug-likeness (QED) is 0.726. The van der Waals surface area contributed by atoms with Crippen LogP contribution >= 0.6 is 34.0 Å². The molecule has 19 heavy (non-hydrogen) atoms. The van der Waals surface area contributed by atoms with E-state index in [9.17, 15) is 0 Å². The fourth-order valence-electron chi connectivity index (χ4n) is 2.28. The average molecular weight is 396 g/mol. The molecule has 2 N–H and O–H groups in total. The number of nitrogens with one attached hydrogen (secondary N) is 1. The minimum atomic E-state index is 0. The summed E-state index contributed by atoms with van der Waals surface area (Å²) in [4.78, 5) is 2.54. The monoisotopic (exact) mass is 394 g/mol. The van der Waals surface area contributed by atoms with E-state index in [1.54, 1.807) is 12.1 Å². The molecule has 1 heterocycles. The lowest BCUT2D eigenvalue weighted by Crippen LogP contribution is -2.24. The molecular weight excluding hydrogens is 372 g/mol. The molecule has 2 rings (SSSR count). The maximum Gasteiger partial charge on any atom is 0.115 e. The summed E-state index contributed by atoms with van der Waals surface area (Å²) in [5, 5.41) is 12.6. The van der Waals surface area contributed by atoms with E-state index in [-0.39, 0.29) is 34.0 Å². The Hall–Kier alpha value is -0.100. The molecule has 0 atom stereocenters. The maximum absolute atomic E-state index is 9.16. The largest absolute Gasteiger partial charge is 0.508 e. The van der Waals surface area contributed by atoms with E-state index in [4.69, 9.17) is 5.11 Å². The molecule has 3 nitrogen and oxygen atoms in total. The summed E-state index contributed by atoms with van der Waals surface area (Å²) < 4.78 is 0. The number of benzene rings is 1. The van der Waals surface area contributed by atoms with Gasteiger partial charge in [0, 0.05) is 6.54 Å². The summed E-state index contributed by atoms with van der Waals surface area (Å²) >= 11 is 0. The van der Waals surface area contributed by atoms with E-state index >= 15 is 0 Å². The number of phenols is 1. The van der Waals surface area contributed by atoms with Gasteiger partial charge in [0.2, 0.25) is 0 Å². The summed E-state index contributed by atoms with van der Waals surface area (Å²) in [6, 6.07) is 7.40. The molecule has 5 heteroatoms. The Labute approximate surface area is 136 Å². The Bertz CT molecular complexity index is 327. The van der Waals surface area contributed by atoms with Crippen molar-refractivity contribution in [2.24, 2.45) is 0 Å². The molecule has 1 aliphatic rings. The number of aromatic hydroxyl groups is 1. The highest BCUT2D eigenvalue weighted by molar-refractivity contribution is 8.93. The lowest BCUT2D eigenvalue weighted by atomic mass is 10.2. The Balaban J connectivity index is 0.00000162. The highest BCUT2D eigenvalue weighted by Crippen LogP contribution is 2.09. The molecule has 110 valence electrons. The van der Waals surface area contributed by atoms with Gasteiger partial charge in [0.25, 0.3) is 0 Å². The Morgan fingerprint density at radius 1 is 1.05 bits per heavy atom. The Morgan fingerprint density at radius 3 is 2.32 bits per heavy atom. The van der Waals surface area contributed by atoms with Crippen molar-refractivity contribution in [2.45, 2.75) is 25.8 Å².